The summed E-state index contributed by atoms with van der Waals surface area (Å²) in [4.78, 5) is 11.6. The van der Waals surface area contributed by atoms with Crippen LogP contribution >= 0.6 is 11.8 Å². The number of fused-ring (bicyclic) bond motifs is 1. The van der Waals surface area contributed by atoms with Gasteiger partial charge in [-0.05, 0) is 18.4 Å². The molecule has 0 unspecified atom stereocenters. The Morgan fingerprint density at radius 3 is 3.00 bits per heavy atom. The van der Waals surface area contributed by atoms with Gasteiger partial charge in [0, 0.05) is 11.3 Å². The predicted molar refractivity (Wildman–Crippen MR) is 61.1 cm³/mol. The van der Waals surface area contributed by atoms with Crippen LogP contribution in [0.1, 0.15) is 15.9 Å². The minimum absolute atomic E-state index is 0.210. The molecule has 0 saturated carbocycles. The van der Waals surface area contributed by atoms with E-state index in [-0.39, 0.29) is 12.8 Å². The van der Waals surface area contributed by atoms with Gasteiger partial charge in [0.15, 0.2) is 11.5 Å². The van der Waals surface area contributed by atoms with Crippen molar-refractivity contribution in [1.82, 2.24) is 0 Å². The highest BCUT2D eigenvalue weighted by molar-refractivity contribution is 7.97. The van der Waals surface area contributed by atoms with Gasteiger partial charge in [0.25, 0.3) is 0 Å². The maximum absolute atomic E-state index is 11.6. The van der Waals surface area contributed by atoms with Crippen LogP contribution in [0.3, 0.4) is 0 Å². The van der Waals surface area contributed by atoms with E-state index in [0.717, 1.165) is 5.56 Å². The van der Waals surface area contributed by atoms with Gasteiger partial charge in [0.05, 0.1) is 12.7 Å². The van der Waals surface area contributed by atoms with E-state index in [2.05, 4.69) is 0 Å². The van der Waals surface area contributed by atoms with Crippen LogP contribution in [0.5, 0.6) is 11.5 Å². The lowest BCUT2D eigenvalue weighted by Crippen LogP contribution is -2.06. The Labute approximate surface area is 97.9 Å². The lowest BCUT2D eigenvalue weighted by molar-refractivity contribution is 0.0599. The van der Waals surface area contributed by atoms with Crippen LogP contribution < -0.4 is 9.47 Å². The van der Waals surface area contributed by atoms with Gasteiger partial charge in [0.1, 0.15) is 0 Å². The van der Waals surface area contributed by atoms with Gasteiger partial charge in [-0.1, -0.05) is 0 Å². The van der Waals surface area contributed by atoms with Crippen molar-refractivity contribution in [2.75, 3.05) is 20.2 Å². The van der Waals surface area contributed by atoms with E-state index in [0.29, 0.717) is 22.8 Å². The molecule has 5 heteroatoms. The van der Waals surface area contributed by atoms with E-state index in [1.165, 1.54) is 7.11 Å². The zero-order valence-electron chi connectivity index (χ0n) is 9.11. The average Bonchev–Trinajstić information content (AvgIpc) is 2.77. The van der Waals surface area contributed by atoms with Crippen molar-refractivity contribution < 1.29 is 19.0 Å². The summed E-state index contributed by atoms with van der Waals surface area (Å²) in [6, 6.07) is 3.45. The number of rotatable bonds is 3. The highest BCUT2D eigenvalue weighted by Gasteiger charge is 2.23. The third kappa shape index (κ3) is 1.82. The summed E-state index contributed by atoms with van der Waals surface area (Å²) < 4.78 is 15.4. The van der Waals surface area contributed by atoms with Crippen molar-refractivity contribution in [3.05, 3.63) is 23.3 Å². The Morgan fingerprint density at radius 1 is 1.50 bits per heavy atom. The summed E-state index contributed by atoms with van der Waals surface area (Å²) in [5.41, 5.74) is 1.38. The third-order valence-corrected chi connectivity index (χ3v) is 2.91. The lowest BCUT2D eigenvalue weighted by atomic mass is 10.1. The van der Waals surface area contributed by atoms with Gasteiger partial charge < -0.3 is 14.2 Å². The summed E-state index contributed by atoms with van der Waals surface area (Å²) >= 11 is 1.62. The van der Waals surface area contributed by atoms with Gasteiger partial charge in [-0.2, -0.15) is 11.8 Å². The number of benzene rings is 1. The first-order valence-electron chi connectivity index (χ1n) is 4.76. The maximum Gasteiger partial charge on any atom is 0.338 e. The highest BCUT2D eigenvalue weighted by Crippen LogP contribution is 2.39. The molecule has 2 rings (SSSR count). The molecular weight excluding hydrogens is 228 g/mol. The SMILES string of the molecule is COC(=O)c1ccc2c(c1CSC)OCO2. The first-order valence-corrected chi connectivity index (χ1v) is 6.16. The van der Waals surface area contributed by atoms with Crippen molar-refractivity contribution in [2.45, 2.75) is 5.75 Å². The smallest absolute Gasteiger partial charge is 0.338 e. The summed E-state index contributed by atoms with van der Waals surface area (Å²) in [5.74, 6) is 1.70. The number of carbonyl (C=O) groups is 1. The summed E-state index contributed by atoms with van der Waals surface area (Å²) in [6.45, 7) is 0.210. The highest BCUT2D eigenvalue weighted by atomic mass is 32.2. The first-order chi connectivity index (χ1) is 7.77. The third-order valence-electron chi connectivity index (χ3n) is 2.34. The van der Waals surface area contributed by atoms with E-state index in [4.69, 9.17) is 14.2 Å². The molecule has 4 nitrogen and oxygen atoms in total. The molecule has 16 heavy (non-hydrogen) atoms. The zero-order chi connectivity index (χ0) is 11.5. The van der Waals surface area contributed by atoms with Crippen LogP contribution in [0.15, 0.2) is 12.1 Å². The second-order valence-electron chi connectivity index (χ2n) is 3.25. The number of ether oxygens (including phenoxy) is 3. The molecule has 0 N–H and O–H groups in total. The Balaban J connectivity index is 2.49. The Kier molecular flexibility index (Phi) is 3.24. The van der Waals surface area contributed by atoms with Gasteiger partial charge in [-0.15, -0.1) is 0 Å². The minimum atomic E-state index is -0.345. The lowest BCUT2D eigenvalue weighted by Gasteiger charge is -2.09. The number of esters is 1. The fourth-order valence-corrected chi connectivity index (χ4v) is 2.19. The average molecular weight is 240 g/mol. The fraction of sp³-hybridized carbons (Fsp3) is 0.364. The molecule has 0 aliphatic carbocycles. The molecule has 1 aliphatic heterocycles. The maximum atomic E-state index is 11.6. The monoisotopic (exact) mass is 240 g/mol. The van der Waals surface area contributed by atoms with Gasteiger partial charge in [0.2, 0.25) is 6.79 Å². The molecule has 0 radical (unpaired) electrons. The van der Waals surface area contributed by atoms with Crippen LogP contribution in [0, 0.1) is 0 Å². The number of hydrogen-bond acceptors (Lipinski definition) is 5. The standard InChI is InChI=1S/C11H12O4S/c1-13-11(12)7-3-4-9-10(15-6-14-9)8(7)5-16-2/h3-4H,5-6H2,1-2H3. The quantitative estimate of drug-likeness (QED) is 0.757. The Bertz CT molecular complexity index is 417. The van der Waals surface area contributed by atoms with Crippen LogP contribution in [-0.2, 0) is 10.5 Å². The number of thioether (sulfide) groups is 1. The van der Waals surface area contributed by atoms with E-state index in [1.54, 1.807) is 23.9 Å². The summed E-state index contributed by atoms with van der Waals surface area (Å²) in [7, 11) is 1.37. The number of carbonyl (C=O) groups excluding carboxylic acids is 1. The van der Waals surface area contributed by atoms with Crippen molar-refractivity contribution in [3.63, 3.8) is 0 Å². The second-order valence-corrected chi connectivity index (χ2v) is 4.12. The minimum Gasteiger partial charge on any atom is -0.465 e. The fourth-order valence-electron chi connectivity index (χ4n) is 1.62. The van der Waals surface area contributed by atoms with Crippen LogP contribution in [-0.4, -0.2) is 26.1 Å². The van der Waals surface area contributed by atoms with E-state index < -0.39 is 0 Å². The van der Waals surface area contributed by atoms with Crippen LogP contribution in [0.4, 0.5) is 0 Å². The molecule has 0 bridgehead atoms. The van der Waals surface area contributed by atoms with Gasteiger partial charge >= 0.3 is 5.97 Å². The molecule has 0 atom stereocenters. The molecule has 1 aliphatic rings. The number of hydrogen-bond donors (Lipinski definition) is 0. The molecule has 0 saturated heterocycles. The Hall–Kier alpha value is -1.36. The topological polar surface area (TPSA) is 44.8 Å². The Morgan fingerprint density at radius 2 is 2.31 bits per heavy atom. The van der Waals surface area contributed by atoms with Crippen LogP contribution in [0.2, 0.25) is 0 Å². The molecule has 0 spiro atoms. The van der Waals surface area contributed by atoms with Gasteiger partial charge in [-0.3, -0.25) is 0 Å². The van der Waals surface area contributed by atoms with Crippen molar-refractivity contribution >= 4 is 17.7 Å². The first kappa shape index (κ1) is 11.1. The predicted octanol–water partition coefficient (Wildman–Crippen LogP) is 2.06. The molecular formula is C11H12O4S. The second kappa shape index (κ2) is 4.65. The van der Waals surface area contributed by atoms with E-state index in [9.17, 15) is 4.79 Å². The van der Waals surface area contributed by atoms with E-state index in [1.807, 2.05) is 6.26 Å². The summed E-state index contributed by atoms with van der Waals surface area (Å²) in [6.07, 6.45) is 1.97. The van der Waals surface area contributed by atoms with Gasteiger partial charge in [-0.25, -0.2) is 4.79 Å². The summed E-state index contributed by atoms with van der Waals surface area (Å²) in [5, 5.41) is 0. The largest absolute Gasteiger partial charge is 0.465 e. The van der Waals surface area contributed by atoms with E-state index >= 15 is 0 Å². The molecule has 86 valence electrons. The number of methoxy groups -OCH3 is 1. The normalized spacial score (nSPS) is 12.6. The van der Waals surface area contributed by atoms with Crippen molar-refractivity contribution in [1.29, 1.82) is 0 Å². The van der Waals surface area contributed by atoms with Crippen molar-refractivity contribution in [2.24, 2.45) is 0 Å². The van der Waals surface area contributed by atoms with Crippen molar-refractivity contribution in [3.8, 4) is 11.5 Å². The molecule has 0 amide bonds. The molecule has 1 heterocycles. The molecule has 0 aromatic heterocycles. The molecule has 0 fully saturated rings. The molecule has 1 aromatic rings. The molecule has 1 aromatic carbocycles. The zero-order valence-corrected chi connectivity index (χ0v) is 9.93. The van der Waals surface area contributed by atoms with Crippen LogP contribution in [0.25, 0.3) is 0 Å².